The number of aryl methyl sites for hydroxylation is 1. The molecular formula is C22H22N2O3S2. The van der Waals surface area contributed by atoms with Crippen molar-refractivity contribution in [1.29, 1.82) is 0 Å². The Labute approximate surface area is 178 Å². The summed E-state index contributed by atoms with van der Waals surface area (Å²) < 4.78 is 0. The van der Waals surface area contributed by atoms with Gasteiger partial charge in [-0.2, -0.15) is 0 Å². The van der Waals surface area contributed by atoms with Crippen molar-refractivity contribution in [2.45, 2.75) is 24.8 Å². The van der Waals surface area contributed by atoms with E-state index in [-0.39, 0.29) is 11.6 Å². The molecule has 5 nitrogen and oxygen atoms in total. The molecular weight excluding hydrogens is 404 g/mol. The Morgan fingerprint density at radius 1 is 1.07 bits per heavy atom. The van der Waals surface area contributed by atoms with Crippen molar-refractivity contribution < 1.29 is 9.72 Å². The minimum Gasteiger partial charge on any atom is -0.336 e. The van der Waals surface area contributed by atoms with Crippen LogP contribution in [0.5, 0.6) is 0 Å². The Kier molecular flexibility index (Phi) is 7.43. The second-order valence-corrected chi connectivity index (χ2v) is 9.02. The van der Waals surface area contributed by atoms with E-state index in [1.54, 1.807) is 23.5 Å². The maximum absolute atomic E-state index is 12.9. The highest BCUT2D eigenvalue weighted by molar-refractivity contribution is 8.00. The van der Waals surface area contributed by atoms with E-state index in [1.807, 2.05) is 23.1 Å². The van der Waals surface area contributed by atoms with Gasteiger partial charge in [-0.3, -0.25) is 14.9 Å². The fourth-order valence-electron chi connectivity index (χ4n) is 2.86. The molecule has 0 radical (unpaired) electrons. The highest BCUT2D eigenvalue weighted by atomic mass is 32.2. The third-order valence-electron chi connectivity index (χ3n) is 4.42. The number of carbonyl (C=O) groups is 1. The van der Waals surface area contributed by atoms with Crippen LogP contribution in [0.2, 0.25) is 0 Å². The Morgan fingerprint density at radius 2 is 1.79 bits per heavy atom. The van der Waals surface area contributed by atoms with Gasteiger partial charge < -0.3 is 4.90 Å². The quantitative estimate of drug-likeness (QED) is 0.264. The predicted molar refractivity (Wildman–Crippen MR) is 118 cm³/mol. The molecule has 0 atom stereocenters. The summed E-state index contributed by atoms with van der Waals surface area (Å²) in [5, 5.41) is 10.8. The van der Waals surface area contributed by atoms with Crippen molar-refractivity contribution in [3.05, 3.63) is 92.2 Å². The molecule has 1 heterocycles. The van der Waals surface area contributed by atoms with Gasteiger partial charge in [0.15, 0.2) is 0 Å². The molecule has 0 fully saturated rings. The van der Waals surface area contributed by atoms with Gasteiger partial charge >= 0.3 is 0 Å². The first kappa shape index (κ1) is 21.1. The number of hydrogen-bond donors (Lipinski definition) is 0. The molecule has 0 unspecified atom stereocenters. The van der Waals surface area contributed by atoms with Crippen LogP contribution in [-0.4, -0.2) is 28.0 Å². The summed E-state index contributed by atoms with van der Waals surface area (Å²) in [5.41, 5.74) is 1.26. The molecule has 3 aromatic rings. The molecule has 150 valence electrons. The molecule has 1 amide bonds. The maximum Gasteiger partial charge on any atom is 0.269 e. The van der Waals surface area contributed by atoms with E-state index in [0.717, 1.165) is 11.3 Å². The van der Waals surface area contributed by atoms with E-state index in [9.17, 15) is 14.9 Å². The number of nitrogens with zero attached hydrogens (tertiary/aromatic N) is 2. The minimum absolute atomic E-state index is 0.0539. The molecule has 0 saturated heterocycles. The van der Waals surface area contributed by atoms with Crippen LogP contribution in [0.4, 0.5) is 5.69 Å². The zero-order chi connectivity index (χ0) is 20.6. The Balaban J connectivity index is 1.63. The fourth-order valence-corrected chi connectivity index (χ4v) is 4.57. The zero-order valence-electron chi connectivity index (χ0n) is 16.1. The van der Waals surface area contributed by atoms with Gasteiger partial charge in [0.2, 0.25) is 5.91 Å². The average molecular weight is 427 g/mol. The topological polar surface area (TPSA) is 63.5 Å². The highest BCUT2D eigenvalue weighted by Crippen LogP contribution is 2.23. The lowest BCUT2D eigenvalue weighted by molar-refractivity contribution is -0.384. The van der Waals surface area contributed by atoms with Crippen LogP contribution in [-0.2, 0) is 17.8 Å². The zero-order valence-corrected chi connectivity index (χ0v) is 17.7. The van der Waals surface area contributed by atoms with Crippen LogP contribution < -0.4 is 0 Å². The van der Waals surface area contributed by atoms with Gasteiger partial charge in [0.05, 0.1) is 17.2 Å². The molecule has 0 aliphatic rings. The Morgan fingerprint density at radius 3 is 2.41 bits per heavy atom. The normalized spacial score (nSPS) is 10.7. The fraction of sp³-hybridized carbons (Fsp3) is 0.227. The molecule has 0 aliphatic carbocycles. The van der Waals surface area contributed by atoms with Crippen molar-refractivity contribution in [3.8, 4) is 0 Å². The van der Waals surface area contributed by atoms with Crippen molar-refractivity contribution in [2.75, 3.05) is 12.3 Å². The molecule has 0 N–H and O–H groups in total. The number of nitro groups is 1. The van der Waals surface area contributed by atoms with E-state index in [0.29, 0.717) is 18.8 Å². The lowest BCUT2D eigenvalue weighted by Gasteiger charge is -2.22. The molecule has 29 heavy (non-hydrogen) atoms. The van der Waals surface area contributed by atoms with E-state index in [4.69, 9.17) is 0 Å². The molecule has 2 aromatic carbocycles. The summed E-state index contributed by atoms with van der Waals surface area (Å²) >= 11 is 3.11. The summed E-state index contributed by atoms with van der Waals surface area (Å²) in [4.78, 5) is 28.4. The first-order chi connectivity index (χ1) is 14.0. The standard InChI is InChI=1S/C22H22N2O3S2/c1-17-7-10-21(29-17)15-23(14-13-18-5-3-2-4-6-18)22(25)16-28-20-11-8-19(9-12-20)24(26)27/h2-12H,13-16H2,1H3. The molecule has 3 rings (SSSR count). The SMILES string of the molecule is Cc1ccc(CN(CCc2ccccc2)C(=O)CSc2ccc([N+](=O)[O-])cc2)s1. The predicted octanol–water partition coefficient (Wildman–Crippen LogP) is 5.33. The number of amides is 1. The van der Waals surface area contributed by atoms with E-state index in [1.165, 1.54) is 39.2 Å². The summed E-state index contributed by atoms with van der Waals surface area (Å²) in [6.45, 7) is 3.32. The van der Waals surface area contributed by atoms with Crippen LogP contribution in [0.1, 0.15) is 15.3 Å². The average Bonchev–Trinajstić information content (AvgIpc) is 3.15. The largest absolute Gasteiger partial charge is 0.336 e. The van der Waals surface area contributed by atoms with Crippen LogP contribution in [0.3, 0.4) is 0 Å². The van der Waals surface area contributed by atoms with Gasteiger partial charge in [0.25, 0.3) is 5.69 Å². The number of thioether (sulfide) groups is 1. The number of rotatable bonds is 9. The first-order valence-corrected chi connectivity index (χ1v) is 11.1. The van der Waals surface area contributed by atoms with E-state index >= 15 is 0 Å². The summed E-state index contributed by atoms with van der Waals surface area (Å²) in [7, 11) is 0. The number of thiophene rings is 1. The van der Waals surface area contributed by atoms with E-state index in [2.05, 4.69) is 31.2 Å². The summed E-state index contributed by atoms with van der Waals surface area (Å²) in [6.07, 6.45) is 0.805. The van der Waals surface area contributed by atoms with Gasteiger partial charge in [-0.15, -0.1) is 23.1 Å². The molecule has 1 aromatic heterocycles. The van der Waals surface area contributed by atoms with Crippen LogP contribution >= 0.6 is 23.1 Å². The monoisotopic (exact) mass is 426 g/mol. The molecule has 7 heteroatoms. The van der Waals surface area contributed by atoms with Gasteiger partial charge in [-0.25, -0.2) is 0 Å². The maximum atomic E-state index is 12.9. The van der Waals surface area contributed by atoms with Crippen molar-refractivity contribution >= 4 is 34.7 Å². The number of nitro benzene ring substituents is 1. The third kappa shape index (κ3) is 6.44. The lowest BCUT2D eigenvalue weighted by atomic mass is 10.1. The third-order valence-corrected chi connectivity index (χ3v) is 6.40. The number of benzene rings is 2. The van der Waals surface area contributed by atoms with Gasteiger partial charge in [0.1, 0.15) is 0 Å². The van der Waals surface area contributed by atoms with Crippen LogP contribution in [0.15, 0.2) is 71.6 Å². The molecule has 0 saturated carbocycles. The number of hydrogen-bond acceptors (Lipinski definition) is 5. The number of carbonyl (C=O) groups excluding carboxylic acids is 1. The molecule has 0 bridgehead atoms. The van der Waals surface area contributed by atoms with Gasteiger partial charge in [-0.05, 0) is 43.2 Å². The van der Waals surface area contributed by atoms with E-state index < -0.39 is 4.92 Å². The number of non-ortho nitro benzene ring substituents is 1. The molecule has 0 aliphatic heterocycles. The Bertz CT molecular complexity index is 956. The van der Waals surface area contributed by atoms with Crippen molar-refractivity contribution in [2.24, 2.45) is 0 Å². The van der Waals surface area contributed by atoms with Gasteiger partial charge in [0, 0.05) is 33.3 Å². The summed E-state index contributed by atoms with van der Waals surface area (Å²) in [6, 6.07) is 20.6. The highest BCUT2D eigenvalue weighted by Gasteiger charge is 2.16. The van der Waals surface area contributed by atoms with Crippen molar-refractivity contribution in [1.82, 2.24) is 4.90 Å². The van der Waals surface area contributed by atoms with Crippen LogP contribution in [0.25, 0.3) is 0 Å². The van der Waals surface area contributed by atoms with Crippen LogP contribution in [0, 0.1) is 17.0 Å². The minimum atomic E-state index is -0.423. The lowest BCUT2D eigenvalue weighted by Crippen LogP contribution is -2.33. The molecule has 0 spiro atoms. The Hall–Kier alpha value is -2.64. The van der Waals surface area contributed by atoms with Crippen molar-refractivity contribution in [3.63, 3.8) is 0 Å². The smallest absolute Gasteiger partial charge is 0.269 e. The first-order valence-electron chi connectivity index (χ1n) is 9.25. The second kappa shape index (κ2) is 10.2. The second-order valence-electron chi connectivity index (χ2n) is 6.60. The summed E-state index contributed by atoms with van der Waals surface area (Å²) in [5.74, 6) is 0.368. The van der Waals surface area contributed by atoms with Gasteiger partial charge in [-0.1, -0.05) is 30.3 Å².